The van der Waals surface area contributed by atoms with E-state index in [9.17, 15) is 0 Å². The number of fused-ring (bicyclic) bond motifs is 2. The molecule has 1 unspecified atom stereocenters. The van der Waals surface area contributed by atoms with Gasteiger partial charge in [-0.1, -0.05) is 12.2 Å². The van der Waals surface area contributed by atoms with Crippen molar-refractivity contribution >= 4 is 0 Å². The minimum atomic E-state index is 0.233. The summed E-state index contributed by atoms with van der Waals surface area (Å²) < 4.78 is 0. The summed E-state index contributed by atoms with van der Waals surface area (Å²) >= 11 is 0. The van der Waals surface area contributed by atoms with Gasteiger partial charge in [0.1, 0.15) is 0 Å². The molecule has 0 saturated heterocycles. The molecule has 1 saturated carbocycles. The van der Waals surface area contributed by atoms with Crippen LogP contribution in [0.2, 0.25) is 0 Å². The van der Waals surface area contributed by atoms with Crippen LogP contribution in [-0.2, 0) is 0 Å². The average molecular weight is 154 g/mol. The van der Waals surface area contributed by atoms with Crippen LogP contribution in [0.25, 0.3) is 0 Å². The lowest BCUT2D eigenvalue weighted by atomic mass is 9.84. The second-order valence-corrected chi connectivity index (χ2v) is 3.64. The van der Waals surface area contributed by atoms with Crippen LogP contribution in [0.1, 0.15) is 6.42 Å². The van der Waals surface area contributed by atoms with E-state index in [1.165, 1.54) is 0 Å². The second kappa shape index (κ2) is 2.61. The van der Waals surface area contributed by atoms with E-state index in [2.05, 4.69) is 12.2 Å². The molecule has 0 heterocycles. The maximum atomic E-state index is 9.04. The molecule has 1 fully saturated rings. The Bertz CT molecular complexity index is 158. The number of allylic oxidation sites excluding steroid dienone is 2. The zero-order valence-electron chi connectivity index (χ0n) is 6.48. The molecule has 0 amide bonds. The standard InChI is InChI=1S/C9H14O2/c10-4-8-6-1-2-7(3-6)9(8)5-11/h1-2,6-11H,3-5H2/t6-,7-,8+,9?/m0/s1. The van der Waals surface area contributed by atoms with Gasteiger partial charge < -0.3 is 10.2 Å². The molecule has 2 heteroatoms. The van der Waals surface area contributed by atoms with E-state index in [1.807, 2.05) is 0 Å². The maximum absolute atomic E-state index is 9.04. The Morgan fingerprint density at radius 1 is 1.00 bits per heavy atom. The topological polar surface area (TPSA) is 40.5 Å². The number of aliphatic hydroxyl groups is 2. The van der Waals surface area contributed by atoms with Gasteiger partial charge in [-0.2, -0.15) is 0 Å². The molecule has 0 aromatic heterocycles. The Kier molecular flexibility index (Phi) is 1.74. The van der Waals surface area contributed by atoms with Crippen LogP contribution < -0.4 is 0 Å². The van der Waals surface area contributed by atoms with E-state index < -0.39 is 0 Å². The van der Waals surface area contributed by atoms with Gasteiger partial charge in [0.15, 0.2) is 0 Å². The molecule has 0 aliphatic heterocycles. The molecule has 2 N–H and O–H groups in total. The fourth-order valence-electron chi connectivity index (χ4n) is 2.57. The SMILES string of the molecule is OCC1[C@H]2C=C[C@@H](C2)[C@H]1CO. The first kappa shape index (κ1) is 7.32. The molecular formula is C9H14O2. The Morgan fingerprint density at radius 2 is 1.45 bits per heavy atom. The van der Waals surface area contributed by atoms with E-state index >= 15 is 0 Å². The fourth-order valence-corrected chi connectivity index (χ4v) is 2.57. The third-order valence-corrected chi connectivity index (χ3v) is 3.22. The van der Waals surface area contributed by atoms with Gasteiger partial charge in [-0.3, -0.25) is 0 Å². The normalized spacial score (nSPS) is 47.1. The lowest BCUT2D eigenvalue weighted by molar-refractivity contribution is 0.112. The molecule has 0 aromatic carbocycles. The highest BCUT2D eigenvalue weighted by atomic mass is 16.3. The number of hydrogen-bond acceptors (Lipinski definition) is 2. The monoisotopic (exact) mass is 154 g/mol. The van der Waals surface area contributed by atoms with Crippen molar-refractivity contribution in [1.82, 2.24) is 0 Å². The van der Waals surface area contributed by atoms with Crippen molar-refractivity contribution in [1.29, 1.82) is 0 Å². The number of hydrogen-bond donors (Lipinski definition) is 2. The molecule has 2 aliphatic carbocycles. The summed E-state index contributed by atoms with van der Waals surface area (Å²) in [5.74, 6) is 1.74. The highest BCUT2D eigenvalue weighted by Crippen LogP contribution is 2.47. The summed E-state index contributed by atoms with van der Waals surface area (Å²) in [6.45, 7) is 0.466. The first-order chi connectivity index (χ1) is 5.36. The lowest BCUT2D eigenvalue weighted by Crippen LogP contribution is -2.25. The Morgan fingerprint density at radius 3 is 1.82 bits per heavy atom. The van der Waals surface area contributed by atoms with Gasteiger partial charge in [-0.25, -0.2) is 0 Å². The number of rotatable bonds is 2. The Hall–Kier alpha value is -0.340. The van der Waals surface area contributed by atoms with Crippen molar-refractivity contribution in [2.75, 3.05) is 13.2 Å². The van der Waals surface area contributed by atoms with Gasteiger partial charge in [0.25, 0.3) is 0 Å². The maximum Gasteiger partial charge on any atom is 0.0468 e. The van der Waals surface area contributed by atoms with Gasteiger partial charge in [0.2, 0.25) is 0 Å². The summed E-state index contributed by atoms with van der Waals surface area (Å²) in [4.78, 5) is 0. The predicted molar refractivity (Wildman–Crippen MR) is 41.9 cm³/mol. The Labute approximate surface area is 66.5 Å². The van der Waals surface area contributed by atoms with E-state index in [0.29, 0.717) is 23.7 Å². The quantitative estimate of drug-likeness (QED) is 0.565. The molecule has 11 heavy (non-hydrogen) atoms. The summed E-state index contributed by atoms with van der Waals surface area (Å²) in [6.07, 6.45) is 5.53. The molecule has 2 bridgehead atoms. The van der Waals surface area contributed by atoms with Crippen molar-refractivity contribution in [3.05, 3.63) is 12.2 Å². The smallest absolute Gasteiger partial charge is 0.0468 e. The van der Waals surface area contributed by atoms with E-state index in [1.54, 1.807) is 0 Å². The molecule has 0 radical (unpaired) electrons. The van der Waals surface area contributed by atoms with Crippen LogP contribution in [0.15, 0.2) is 12.2 Å². The zero-order valence-corrected chi connectivity index (χ0v) is 6.48. The Balaban J connectivity index is 2.15. The first-order valence-electron chi connectivity index (χ1n) is 4.27. The average Bonchev–Trinajstić information content (AvgIpc) is 2.60. The third-order valence-electron chi connectivity index (χ3n) is 3.22. The summed E-state index contributed by atoms with van der Waals surface area (Å²) in [7, 11) is 0. The van der Waals surface area contributed by atoms with Crippen molar-refractivity contribution < 1.29 is 10.2 Å². The summed E-state index contributed by atoms with van der Waals surface area (Å²) in [5.41, 5.74) is 0. The van der Waals surface area contributed by atoms with Gasteiger partial charge in [-0.05, 0) is 30.1 Å². The summed E-state index contributed by atoms with van der Waals surface area (Å²) in [6, 6.07) is 0. The molecule has 0 spiro atoms. The minimum absolute atomic E-state index is 0.233. The fraction of sp³-hybridized carbons (Fsp3) is 0.778. The van der Waals surface area contributed by atoms with Crippen LogP contribution in [-0.4, -0.2) is 23.4 Å². The third kappa shape index (κ3) is 0.932. The molecule has 2 aliphatic rings. The summed E-state index contributed by atoms with van der Waals surface area (Å²) in [5, 5.41) is 18.1. The number of aliphatic hydroxyl groups excluding tert-OH is 2. The van der Waals surface area contributed by atoms with E-state index in [-0.39, 0.29) is 13.2 Å². The van der Waals surface area contributed by atoms with Crippen LogP contribution in [0.4, 0.5) is 0 Å². The first-order valence-corrected chi connectivity index (χ1v) is 4.27. The van der Waals surface area contributed by atoms with Crippen LogP contribution >= 0.6 is 0 Å². The highest BCUT2D eigenvalue weighted by Gasteiger charge is 2.43. The van der Waals surface area contributed by atoms with Crippen molar-refractivity contribution in [2.24, 2.45) is 23.7 Å². The van der Waals surface area contributed by atoms with Crippen LogP contribution in [0.3, 0.4) is 0 Å². The van der Waals surface area contributed by atoms with Crippen molar-refractivity contribution in [2.45, 2.75) is 6.42 Å². The second-order valence-electron chi connectivity index (χ2n) is 3.64. The minimum Gasteiger partial charge on any atom is -0.396 e. The highest BCUT2D eigenvalue weighted by molar-refractivity contribution is 5.13. The van der Waals surface area contributed by atoms with Crippen molar-refractivity contribution in [3.8, 4) is 0 Å². The zero-order chi connectivity index (χ0) is 7.84. The van der Waals surface area contributed by atoms with Gasteiger partial charge in [0, 0.05) is 13.2 Å². The van der Waals surface area contributed by atoms with Gasteiger partial charge >= 0.3 is 0 Å². The predicted octanol–water partition coefficient (Wildman–Crippen LogP) is 0.409. The molecule has 2 nitrogen and oxygen atoms in total. The molecule has 2 rings (SSSR count). The van der Waals surface area contributed by atoms with Gasteiger partial charge in [0.05, 0.1) is 0 Å². The lowest BCUT2D eigenvalue weighted by Gasteiger charge is -2.23. The van der Waals surface area contributed by atoms with E-state index in [4.69, 9.17) is 10.2 Å². The largest absolute Gasteiger partial charge is 0.396 e. The van der Waals surface area contributed by atoms with Crippen LogP contribution in [0.5, 0.6) is 0 Å². The van der Waals surface area contributed by atoms with Gasteiger partial charge in [-0.15, -0.1) is 0 Å². The molecular weight excluding hydrogens is 140 g/mol. The molecule has 4 atom stereocenters. The van der Waals surface area contributed by atoms with Crippen molar-refractivity contribution in [3.63, 3.8) is 0 Å². The van der Waals surface area contributed by atoms with Crippen LogP contribution in [0, 0.1) is 23.7 Å². The molecule has 62 valence electrons. The van der Waals surface area contributed by atoms with E-state index in [0.717, 1.165) is 6.42 Å². The molecule has 0 aromatic rings.